The third kappa shape index (κ3) is 7.18. The van der Waals surface area contributed by atoms with Crippen LogP contribution >= 0.6 is 27.3 Å². The van der Waals surface area contributed by atoms with Gasteiger partial charge in [-0.05, 0) is 56.5 Å². The molecule has 2 aromatic heterocycles. The average Bonchev–Trinajstić information content (AvgIpc) is 3.31. The Hall–Kier alpha value is -2.75. The molecule has 204 valence electrons. The lowest BCUT2D eigenvalue weighted by Crippen LogP contribution is -2.44. The predicted octanol–water partition coefficient (Wildman–Crippen LogP) is 3.23. The van der Waals surface area contributed by atoms with Crippen molar-refractivity contribution in [3.05, 3.63) is 15.8 Å². The molecule has 0 radical (unpaired) electrons. The zero-order valence-electron chi connectivity index (χ0n) is 21.6. The molecule has 0 spiro atoms. The first kappa shape index (κ1) is 28.8. The number of aryl methyl sites for hydroxylation is 1. The molecule has 3 heterocycles. The Balaban J connectivity index is 1.89. The number of carboxylic acid groups (broad SMARTS) is 1. The molecular formula is C22H32BrN7O6S. The number of anilines is 3. The van der Waals surface area contributed by atoms with E-state index in [1.807, 2.05) is 11.8 Å². The van der Waals surface area contributed by atoms with Crippen LogP contribution < -0.4 is 20.6 Å². The highest BCUT2D eigenvalue weighted by atomic mass is 79.9. The maximum Gasteiger partial charge on any atom is 0.404 e. The summed E-state index contributed by atoms with van der Waals surface area (Å²) in [5.74, 6) is 0.0759. The largest absolute Gasteiger partial charge is 0.465 e. The fourth-order valence-corrected chi connectivity index (χ4v) is 5.51. The van der Waals surface area contributed by atoms with Crippen LogP contribution in [0.5, 0.6) is 0 Å². The van der Waals surface area contributed by atoms with E-state index < -0.39 is 23.2 Å². The van der Waals surface area contributed by atoms with Gasteiger partial charge in [0.05, 0.1) is 17.4 Å². The summed E-state index contributed by atoms with van der Waals surface area (Å²) in [7, 11) is 3.34. The van der Waals surface area contributed by atoms with E-state index >= 15 is 0 Å². The number of methoxy groups -OCH3 is 1. The van der Waals surface area contributed by atoms with Crippen LogP contribution in [0, 0.1) is 0 Å². The molecule has 3 N–H and O–H groups in total. The molecule has 0 aliphatic carbocycles. The molecule has 0 bridgehead atoms. The zero-order chi connectivity index (χ0) is 27.5. The number of rotatable bonds is 8. The molecule has 0 aromatic carbocycles. The third-order valence-corrected chi connectivity index (χ3v) is 7.18. The quantitative estimate of drug-likeness (QED) is 0.306. The van der Waals surface area contributed by atoms with E-state index in [4.69, 9.17) is 9.57 Å². The molecule has 3 rings (SSSR count). The maximum atomic E-state index is 13.4. The summed E-state index contributed by atoms with van der Waals surface area (Å²) in [6, 6.07) is -0.300. The first-order chi connectivity index (χ1) is 17.2. The molecule has 0 saturated carbocycles. The highest BCUT2D eigenvalue weighted by Crippen LogP contribution is 2.35. The van der Waals surface area contributed by atoms with Crippen LogP contribution in [0.3, 0.4) is 0 Å². The van der Waals surface area contributed by atoms with Gasteiger partial charge in [0.2, 0.25) is 6.41 Å². The lowest BCUT2D eigenvalue weighted by Gasteiger charge is -2.33. The molecule has 37 heavy (non-hydrogen) atoms. The van der Waals surface area contributed by atoms with Gasteiger partial charge in [-0.25, -0.2) is 9.78 Å². The van der Waals surface area contributed by atoms with Gasteiger partial charge in [0.25, 0.3) is 5.91 Å². The molecule has 3 amide bonds. The molecule has 2 aromatic rings. The van der Waals surface area contributed by atoms with Gasteiger partial charge in [-0.3, -0.25) is 19.1 Å². The number of hydrogen-bond acceptors (Lipinski definition) is 9. The predicted molar refractivity (Wildman–Crippen MR) is 142 cm³/mol. The Morgan fingerprint density at radius 2 is 2.11 bits per heavy atom. The summed E-state index contributed by atoms with van der Waals surface area (Å²) in [6.45, 7) is 8.21. The molecule has 1 aliphatic rings. The first-order valence-corrected chi connectivity index (χ1v) is 13.1. The smallest absolute Gasteiger partial charge is 0.404 e. The maximum absolute atomic E-state index is 13.4. The van der Waals surface area contributed by atoms with Crippen LogP contribution in [-0.2, 0) is 21.4 Å². The molecular weight excluding hydrogens is 570 g/mol. The van der Waals surface area contributed by atoms with Crippen LogP contribution in [0.25, 0.3) is 0 Å². The van der Waals surface area contributed by atoms with Gasteiger partial charge in [0.1, 0.15) is 5.69 Å². The summed E-state index contributed by atoms with van der Waals surface area (Å²) in [5, 5.41) is 20.2. The van der Waals surface area contributed by atoms with Crippen molar-refractivity contribution >= 4 is 62.2 Å². The minimum atomic E-state index is -1.09. The van der Waals surface area contributed by atoms with E-state index in [1.165, 1.54) is 6.20 Å². The second-order valence-electron chi connectivity index (χ2n) is 9.93. The standard InChI is InChI=1S/C22H32BrN7O6S/c1-21(2,3)36-30(12-31)18-15(27-19(23)37-18)16(32)26-14-10-24-28(5)17(14)29-8-7-13(25-20(33)34)9-22(4,11-29)35-6/h10,12-13,25H,7-9,11H2,1-6H3,(H,26,32)(H,33,34). The second kappa shape index (κ2) is 11.3. The van der Waals surface area contributed by atoms with Crippen molar-refractivity contribution < 1.29 is 29.1 Å². The average molecular weight is 603 g/mol. The van der Waals surface area contributed by atoms with E-state index in [0.717, 1.165) is 16.4 Å². The monoisotopic (exact) mass is 601 g/mol. The van der Waals surface area contributed by atoms with E-state index in [-0.39, 0.29) is 16.7 Å². The molecule has 2 unspecified atom stereocenters. The minimum Gasteiger partial charge on any atom is -0.465 e. The number of halogens is 1. The second-order valence-corrected chi connectivity index (χ2v) is 12.2. The Morgan fingerprint density at radius 1 is 1.41 bits per heavy atom. The molecule has 1 fully saturated rings. The number of hydrogen-bond donors (Lipinski definition) is 3. The van der Waals surface area contributed by atoms with Gasteiger partial charge >= 0.3 is 6.09 Å². The number of thiazole rings is 1. The van der Waals surface area contributed by atoms with Crippen molar-refractivity contribution in [3.63, 3.8) is 0 Å². The number of carbonyl (C=O) groups excluding carboxylic acids is 2. The Kier molecular flexibility index (Phi) is 8.82. The fraction of sp³-hybridized carbons (Fsp3) is 0.591. The van der Waals surface area contributed by atoms with Gasteiger partial charge in [-0.2, -0.15) is 10.2 Å². The zero-order valence-corrected chi connectivity index (χ0v) is 24.0. The Morgan fingerprint density at radius 3 is 2.70 bits per heavy atom. The summed E-state index contributed by atoms with van der Waals surface area (Å²) in [6.07, 6.45) is 1.94. The van der Waals surface area contributed by atoms with E-state index in [2.05, 4.69) is 36.6 Å². The topological polar surface area (TPSA) is 151 Å². The molecule has 1 aliphatic heterocycles. The van der Waals surface area contributed by atoms with Crippen LogP contribution in [0.15, 0.2) is 10.1 Å². The number of ether oxygens (including phenoxy) is 1. The highest BCUT2D eigenvalue weighted by molar-refractivity contribution is 9.11. The number of amides is 3. The lowest BCUT2D eigenvalue weighted by molar-refractivity contribution is -0.120. The van der Waals surface area contributed by atoms with Gasteiger partial charge in [-0.15, -0.1) is 0 Å². The highest BCUT2D eigenvalue weighted by Gasteiger charge is 2.36. The third-order valence-electron chi connectivity index (χ3n) is 5.69. The van der Waals surface area contributed by atoms with E-state index in [1.54, 1.807) is 39.6 Å². The Bertz CT molecular complexity index is 1150. The van der Waals surface area contributed by atoms with Crippen LogP contribution in [0.2, 0.25) is 0 Å². The Labute approximate surface area is 227 Å². The number of nitrogens with one attached hydrogen (secondary N) is 2. The van der Waals surface area contributed by atoms with E-state index in [0.29, 0.717) is 47.8 Å². The summed E-state index contributed by atoms with van der Waals surface area (Å²) in [4.78, 5) is 48.3. The van der Waals surface area contributed by atoms with Crippen molar-refractivity contribution in [1.29, 1.82) is 0 Å². The van der Waals surface area contributed by atoms with E-state index in [9.17, 15) is 19.5 Å². The van der Waals surface area contributed by atoms with Crippen LogP contribution in [0.4, 0.5) is 21.3 Å². The summed E-state index contributed by atoms with van der Waals surface area (Å²) >= 11 is 4.38. The van der Waals surface area contributed by atoms with Crippen LogP contribution in [-0.4, -0.2) is 75.7 Å². The molecule has 15 heteroatoms. The van der Waals surface area contributed by atoms with Gasteiger partial charge in [-0.1, -0.05) is 11.3 Å². The number of nitrogens with zero attached hydrogens (tertiary/aromatic N) is 5. The van der Waals surface area contributed by atoms with Crippen molar-refractivity contribution in [2.75, 3.05) is 35.5 Å². The number of hydroxylamine groups is 1. The summed E-state index contributed by atoms with van der Waals surface area (Å²) in [5.41, 5.74) is -0.904. The van der Waals surface area contributed by atoms with Gasteiger partial charge < -0.3 is 25.4 Å². The fourth-order valence-electron chi connectivity index (χ4n) is 4.17. The van der Waals surface area contributed by atoms with Crippen LogP contribution in [0.1, 0.15) is 51.0 Å². The van der Waals surface area contributed by atoms with Crippen molar-refractivity contribution in [1.82, 2.24) is 20.1 Å². The lowest BCUT2D eigenvalue weighted by atomic mass is 9.96. The molecule has 2 atom stereocenters. The molecule has 1 saturated heterocycles. The first-order valence-electron chi connectivity index (χ1n) is 11.5. The summed E-state index contributed by atoms with van der Waals surface area (Å²) < 4.78 is 7.81. The number of aromatic nitrogens is 3. The minimum absolute atomic E-state index is 0.00588. The molecule has 13 nitrogen and oxygen atoms in total. The van der Waals surface area contributed by atoms with Crippen molar-refractivity contribution in [3.8, 4) is 0 Å². The van der Waals surface area contributed by atoms with Crippen molar-refractivity contribution in [2.45, 2.75) is 57.8 Å². The van der Waals surface area contributed by atoms with Gasteiger partial charge in [0.15, 0.2) is 20.4 Å². The number of carbonyl (C=O) groups is 3. The van der Waals surface area contributed by atoms with Gasteiger partial charge in [0, 0.05) is 33.3 Å². The normalized spacial score (nSPS) is 20.3. The SMILES string of the molecule is COC1(C)CC(NC(=O)O)CCN(c2c(NC(=O)c3nc(Br)sc3N(C=O)OC(C)(C)C)cnn2C)C1. The van der Waals surface area contributed by atoms with Crippen molar-refractivity contribution in [2.24, 2.45) is 7.05 Å².